The molecule has 4 nitrogen and oxygen atoms in total. The van der Waals surface area contributed by atoms with Crippen LogP contribution in [0.25, 0.3) is 6.08 Å². The van der Waals surface area contributed by atoms with Crippen molar-refractivity contribution in [2.24, 2.45) is 0 Å². The molecule has 1 rings (SSSR count). The molecular formula is C10H8BrN3O. The number of carbonyl (C=O) groups excluding carboxylic acids is 1. The van der Waals surface area contributed by atoms with E-state index < -0.39 is 0 Å². The fraction of sp³-hybridized carbons (Fsp3) is 0.100. The summed E-state index contributed by atoms with van der Waals surface area (Å²) in [6, 6.07) is 5.03. The van der Waals surface area contributed by atoms with Crippen molar-refractivity contribution in [3.63, 3.8) is 0 Å². The zero-order valence-electron chi connectivity index (χ0n) is 7.99. The van der Waals surface area contributed by atoms with Gasteiger partial charge < -0.3 is 5.73 Å². The zero-order chi connectivity index (χ0) is 11.4. The Morgan fingerprint density at radius 1 is 1.67 bits per heavy atom. The maximum atomic E-state index is 11.0. The van der Waals surface area contributed by atoms with Crippen molar-refractivity contribution in [3.8, 4) is 6.07 Å². The minimum absolute atomic E-state index is 0.0556. The van der Waals surface area contributed by atoms with Crippen molar-refractivity contribution >= 4 is 33.5 Å². The number of anilines is 1. The second-order valence-corrected chi connectivity index (χ2v) is 3.69. The second-order valence-electron chi connectivity index (χ2n) is 2.87. The van der Waals surface area contributed by atoms with E-state index in [1.807, 2.05) is 0 Å². The second kappa shape index (κ2) is 4.71. The van der Waals surface area contributed by atoms with Gasteiger partial charge in [0.1, 0.15) is 10.7 Å². The quantitative estimate of drug-likeness (QED) is 0.503. The molecule has 0 aliphatic heterocycles. The number of nitrogens with two attached hydrogens (primary N) is 1. The summed E-state index contributed by atoms with van der Waals surface area (Å²) in [5.41, 5.74) is 6.64. The van der Waals surface area contributed by atoms with Gasteiger partial charge in [0.15, 0.2) is 5.78 Å². The van der Waals surface area contributed by atoms with Crippen LogP contribution in [-0.4, -0.2) is 10.8 Å². The highest BCUT2D eigenvalue weighted by Crippen LogP contribution is 2.15. The van der Waals surface area contributed by atoms with Gasteiger partial charge in [-0.15, -0.1) is 0 Å². The van der Waals surface area contributed by atoms with E-state index in [9.17, 15) is 4.79 Å². The van der Waals surface area contributed by atoms with Crippen LogP contribution in [0.3, 0.4) is 0 Å². The molecule has 1 aromatic rings. The van der Waals surface area contributed by atoms with Crippen LogP contribution in [0.1, 0.15) is 12.6 Å². The molecule has 76 valence electrons. The Hall–Kier alpha value is -1.67. The molecular weight excluding hydrogens is 258 g/mol. The summed E-state index contributed by atoms with van der Waals surface area (Å²) in [5, 5.41) is 8.69. The predicted octanol–water partition coefficient (Wildman–Crippen LogP) is 1.92. The van der Waals surface area contributed by atoms with Gasteiger partial charge in [0, 0.05) is 5.69 Å². The summed E-state index contributed by atoms with van der Waals surface area (Å²) in [7, 11) is 0. The fourth-order valence-electron chi connectivity index (χ4n) is 0.972. The third kappa shape index (κ3) is 3.18. The number of hydrogen-bond donors (Lipinski definition) is 1. The molecule has 0 aromatic carbocycles. The summed E-state index contributed by atoms with van der Waals surface area (Å²) < 4.78 is 0.564. The highest BCUT2D eigenvalue weighted by atomic mass is 79.9. The molecule has 0 fully saturated rings. The van der Waals surface area contributed by atoms with E-state index in [1.165, 1.54) is 13.0 Å². The van der Waals surface area contributed by atoms with Crippen molar-refractivity contribution in [1.82, 2.24) is 4.98 Å². The van der Waals surface area contributed by atoms with Gasteiger partial charge in [-0.1, -0.05) is 0 Å². The summed E-state index contributed by atoms with van der Waals surface area (Å²) in [6.07, 6.45) is 1.41. The van der Waals surface area contributed by atoms with Crippen molar-refractivity contribution in [2.75, 3.05) is 5.73 Å². The minimum atomic E-state index is -0.294. The predicted molar refractivity (Wildman–Crippen MR) is 60.6 cm³/mol. The first kappa shape index (κ1) is 11.4. The Morgan fingerprint density at radius 3 is 2.80 bits per heavy atom. The van der Waals surface area contributed by atoms with Crippen LogP contribution in [0.2, 0.25) is 0 Å². The lowest BCUT2D eigenvalue weighted by atomic mass is 10.1. The molecule has 5 heteroatoms. The maximum Gasteiger partial charge on any atom is 0.170 e. The van der Waals surface area contributed by atoms with Crippen LogP contribution >= 0.6 is 15.9 Å². The Morgan fingerprint density at radius 2 is 2.33 bits per heavy atom. The number of rotatable bonds is 2. The van der Waals surface area contributed by atoms with Crippen molar-refractivity contribution in [2.45, 2.75) is 6.92 Å². The third-order valence-corrected chi connectivity index (χ3v) is 2.03. The van der Waals surface area contributed by atoms with Crippen molar-refractivity contribution in [3.05, 3.63) is 28.0 Å². The number of carbonyl (C=O) groups is 1. The first-order valence-corrected chi connectivity index (χ1v) is 4.88. The van der Waals surface area contributed by atoms with Crippen LogP contribution in [0.5, 0.6) is 0 Å². The lowest BCUT2D eigenvalue weighted by Gasteiger charge is -1.98. The number of nitrogens with zero attached hydrogens (tertiary/aromatic N) is 2. The molecule has 0 atom stereocenters. The number of nitrogen functional groups attached to an aromatic ring is 1. The van der Waals surface area contributed by atoms with Gasteiger partial charge in [-0.25, -0.2) is 4.98 Å². The Bertz CT molecular complexity index is 454. The molecule has 0 saturated carbocycles. The van der Waals surface area contributed by atoms with Crippen LogP contribution < -0.4 is 5.73 Å². The lowest BCUT2D eigenvalue weighted by molar-refractivity contribution is -0.113. The molecule has 0 aliphatic carbocycles. The third-order valence-electron chi connectivity index (χ3n) is 1.63. The van der Waals surface area contributed by atoms with Crippen molar-refractivity contribution < 1.29 is 4.79 Å². The summed E-state index contributed by atoms with van der Waals surface area (Å²) >= 11 is 3.17. The molecule has 0 aliphatic rings. The van der Waals surface area contributed by atoms with Gasteiger partial charge in [0.2, 0.25) is 0 Å². The van der Waals surface area contributed by atoms with Crippen molar-refractivity contribution in [1.29, 1.82) is 5.26 Å². The van der Waals surface area contributed by atoms with E-state index in [4.69, 9.17) is 11.0 Å². The Kier molecular flexibility index (Phi) is 3.58. The van der Waals surface area contributed by atoms with Crippen LogP contribution in [0.15, 0.2) is 22.3 Å². The largest absolute Gasteiger partial charge is 0.399 e. The van der Waals surface area contributed by atoms with E-state index in [0.717, 1.165) is 0 Å². The highest BCUT2D eigenvalue weighted by molar-refractivity contribution is 9.10. The minimum Gasteiger partial charge on any atom is -0.399 e. The monoisotopic (exact) mass is 265 g/mol. The standard InChI is InChI=1S/C10H8BrN3O/c1-6(15)7(5-12)2-9-3-8(13)4-10(11)14-9/h2-4H,1H3,(H2,13,14)/b7-2+. The number of pyridine rings is 1. The van der Waals surface area contributed by atoms with E-state index in [0.29, 0.717) is 16.0 Å². The van der Waals surface area contributed by atoms with Crippen LogP contribution in [0.4, 0.5) is 5.69 Å². The smallest absolute Gasteiger partial charge is 0.170 e. The average Bonchev–Trinajstić information content (AvgIpc) is 2.12. The number of allylic oxidation sites excluding steroid dienone is 1. The van der Waals surface area contributed by atoms with Crippen LogP contribution in [-0.2, 0) is 4.79 Å². The highest BCUT2D eigenvalue weighted by Gasteiger charge is 2.03. The van der Waals surface area contributed by atoms with E-state index in [-0.39, 0.29) is 11.4 Å². The zero-order valence-corrected chi connectivity index (χ0v) is 9.58. The number of halogens is 1. The van der Waals surface area contributed by atoms with Crippen LogP contribution in [0, 0.1) is 11.3 Å². The Balaban J connectivity index is 3.18. The number of aromatic nitrogens is 1. The molecule has 1 aromatic heterocycles. The molecule has 0 bridgehead atoms. The molecule has 15 heavy (non-hydrogen) atoms. The molecule has 1 heterocycles. The van der Waals surface area contributed by atoms with Gasteiger partial charge in [0.25, 0.3) is 0 Å². The molecule has 0 radical (unpaired) electrons. The van der Waals surface area contributed by atoms with Gasteiger partial charge in [0.05, 0.1) is 11.3 Å². The molecule has 0 unspecified atom stereocenters. The van der Waals surface area contributed by atoms with Gasteiger partial charge in [-0.2, -0.15) is 5.26 Å². The molecule has 0 saturated heterocycles. The summed E-state index contributed by atoms with van der Waals surface area (Å²) in [6.45, 7) is 1.33. The maximum absolute atomic E-state index is 11.0. The number of nitriles is 1. The SMILES string of the molecule is CC(=O)/C(C#N)=C/c1cc(N)cc(Br)n1. The van der Waals surface area contributed by atoms with E-state index >= 15 is 0 Å². The summed E-state index contributed by atoms with van der Waals surface area (Å²) in [4.78, 5) is 15.0. The molecule has 0 spiro atoms. The average molecular weight is 266 g/mol. The van der Waals surface area contributed by atoms with E-state index in [2.05, 4.69) is 20.9 Å². The lowest BCUT2D eigenvalue weighted by Crippen LogP contribution is -1.95. The van der Waals surface area contributed by atoms with Gasteiger partial charge in [-0.3, -0.25) is 4.79 Å². The number of Topliss-reactive ketones (excluding diaryl/α,β-unsaturated/α-hetero) is 1. The normalized spacial score (nSPS) is 10.9. The Labute approximate surface area is 95.5 Å². The first-order chi connectivity index (χ1) is 7.02. The first-order valence-electron chi connectivity index (χ1n) is 4.08. The van der Waals surface area contributed by atoms with Gasteiger partial charge >= 0.3 is 0 Å². The molecule has 2 N–H and O–H groups in total. The fourth-order valence-corrected chi connectivity index (χ4v) is 1.44. The number of hydrogen-bond acceptors (Lipinski definition) is 4. The van der Waals surface area contributed by atoms with Gasteiger partial charge in [-0.05, 0) is 41.1 Å². The van der Waals surface area contributed by atoms with E-state index in [1.54, 1.807) is 18.2 Å². The summed E-state index contributed by atoms with van der Waals surface area (Å²) in [5.74, 6) is -0.294. The number of ketones is 1. The topological polar surface area (TPSA) is 79.8 Å². The molecule has 0 amide bonds.